The third-order valence-electron chi connectivity index (χ3n) is 3.44. The van der Waals surface area contributed by atoms with Gasteiger partial charge in [0.05, 0.1) is 24.2 Å². The number of aromatic hydroxyl groups is 2. The van der Waals surface area contributed by atoms with Crippen molar-refractivity contribution in [1.82, 2.24) is 0 Å². The van der Waals surface area contributed by atoms with Gasteiger partial charge in [0.2, 0.25) is 0 Å². The van der Waals surface area contributed by atoms with Gasteiger partial charge in [-0.1, -0.05) is 6.08 Å². The molecule has 2 rings (SSSR count). The number of allylic oxidation sites excluding steroid dienone is 1. The monoisotopic (exact) mass is 306 g/mol. The van der Waals surface area contributed by atoms with Gasteiger partial charge in [0.25, 0.3) is 0 Å². The van der Waals surface area contributed by atoms with Crippen molar-refractivity contribution in [1.29, 1.82) is 0 Å². The Bertz CT molecular complexity index is 619. The fourth-order valence-electron chi connectivity index (χ4n) is 2.36. The molecule has 0 saturated carbocycles. The predicted molar refractivity (Wildman–Crippen MR) is 77.7 cm³/mol. The molecule has 1 aromatic carbocycles. The Morgan fingerprint density at radius 1 is 1.18 bits per heavy atom. The zero-order valence-corrected chi connectivity index (χ0v) is 12.2. The van der Waals surface area contributed by atoms with Gasteiger partial charge in [-0.2, -0.15) is 0 Å². The molecule has 2 unspecified atom stereocenters. The van der Waals surface area contributed by atoms with Crippen molar-refractivity contribution in [3.05, 3.63) is 35.4 Å². The van der Waals surface area contributed by atoms with E-state index in [2.05, 4.69) is 0 Å². The average molecular weight is 306 g/mol. The second kappa shape index (κ2) is 6.62. The fraction of sp³-hybridized carbons (Fsp3) is 0.375. The van der Waals surface area contributed by atoms with Crippen molar-refractivity contribution in [2.24, 2.45) is 0 Å². The van der Waals surface area contributed by atoms with E-state index >= 15 is 0 Å². The predicted octanol–water partition coefficient (Wildman–Crippen LogP) is 1.47. The van der Waals surface area contributed by atoms with Crippen LogP contribution in [0.3, 0.4) is 0 Å². The van der Waals surface area contributed by atoms with E-state index in [4.69, 9.17) is 4.74 Å². The summed E-state index contributed by atoms with van der Waals surface area (Å²) in [5.41, 5.74) is 0.103. The second-order valence-corrected chi connectivity index (χ2v) is 5.34. The number of carbonyl (C=O) groups is 2. The Kier molecular flexibility index (Phi) is 4.82. The lowest BCUT2D eigenvalue weighted by Gasteiger charge is -2.16. The van der Waals surface area contributed by atoms with Gasteiger partial charge in [0.1, 0.15) is 11.5 Å². The van der Waals surface area contributed by atoms with Crippen LogP contribution >= 0.6 is 0 Å². The summed E-state index contributed by atoms with van der Waals surface area (Å²) in [7, 11) is 0. The molecular weight excluding hydrogens is 288 g/mol. The molecule has 1 heterocycles. The molecule has 0 amide bonds. The average Bonchev–Trinajstić information content (AvgIpc) is 2.40. The van der Waals surface area contributed by atoms with Gasteiger partial charge in [-0.15, -0.1) is 0 Å². The minimum absolute atomic E-state index is 0.0774. The van der Waals surface area contributed by atoms with Crippen molar-refractivity contribution in [3.8, 4) is 11.5 Å². The summed E-state index contributed by atoms with van der Waals surface area (Å²) in [5, 5.41) is 29.2. The maximum atomic E-state index is 12.2. The zero-order valence-electron chi connectivity index (χ0n) is 12.2. The van der Waals surface area contributed by atoms with Crippen LogP contribution < -0.4 is 0 Å². The Hall–Kier alpha value is -2.34. The van der Waals surface area contributed by atoms with E-state index in [9.17, 15) is 24.9 Å². The minimum Gasteiger partial charge on any atom is -0.508 e. The number of esters is 1. The van der Waals surface area contributed by atoms with E-state index in [0.717, 1.165) is 12.1 Å². The Balaban J connectivity index is 2.46. The van der Waals surface area contributed by atoms with Crippen LogP contribution in [0.1, 0.15) is 35.7 Å². The number of carbonyl (C=O) groups excluding carboxylic acids is 2. The molecule has 1 aliphatic heterocycles. The smallest absolute Gasteiger partial charge is 0.310 e. The lowest BCUT2D eigenvalue weighted by atomic mass is 9.98. The van der Waals surface area contributed by atoms with Gasteiger partial charge in [0.15, 0.2) is 5.78 Å². The summed E-state index contributed by atoms with van der Waals surface area (Å²) in [5.74, 6) is -1.78. The van der Waals surface area contributed by atoms with Crippen LogP contribution in [0.5, 0.6) is 11.5 Å². The van der Waals surface area contributed by atoms with Crippen molar-refractivity contribution in [2.75, 3.05) is 0 Å². The number of ketones is 1. The first kappa shape index (κ1) is 16.0. The summed E-state index contributed by atoms with van der Waals surface area (Å²) in [4.78, 5) is 24.1. The third-order valence-corrected chi connectivity index (χ3v) is 3.44. The molecule has 0 aromatic heterocycles. The number of hydrogen-bond donors (Lipinski definition) is 3. The van der Waals surface area contributed by atoms with Crippen LogP contribution in [0.25, 0.3) is 0 Å². The molecule has 6 heteroatoms. The Labute approximate surface area is 127 Å². The molecule has 22 heavy (non-hydrogen) atoms. The summed E-state index contributed by atoms with van der Waals surface area (Å²) in [6.07, 6.45) is 1.87. The molecule has 6 nitrogen and oxygen atoms in total. The van der Waals surface area contributed by atoms with Gasteiger partial charge >= 0.3 is 5.97 Å². The Morgan fingerprint density at radius 3 is 2.64 bits per heavy atom. The van der Waals surface area contributed by atoms with Gasteiger partial charge in [0, 0.05) is 6.07 Å². The number of fused-ring (bicyclic) bond motifs is 1. The largest absolute Gasteiger partial charge is 0.508 e. The number of ether oxygens (including phenoxy) is 1. The molecule has 0 saturated heterocycles. The highest BCUT2D eigenvalue weighted by Crippen LogP contribution is 2.29. The van der Waals surface area contributed by atoms with Crippen molar-refractivity contribution in [3.63, 3.8) is 0 Å². The molecule has 118 valence electrons. The normalized spacial score (nSPS) is 23.2. The minimum atomic E-state index is -0.841. The maximum Gasteiger partial charge on any atom is 0.310 e. The molecule has 3 N–H and O–H groups in total. The summed E-state index contributed by atoms with van der Waals surface area (Å²) < 4.78 is 5.19. The fourth-order valence-corrected chi connectivity index (χ4v) is 2.36. The van der Waals surface area contributed by atoms with Crippen molar-refractivity contribution >= 4 is 11.8 Å². The lowest BCUT2D eigenvalue weighted by molar-refractivity contribution is -0.147. The number of aliphatic hydroxyl groups excluding tert-OH is 1. The second-order valence-electron chi connectivity index (χ2n) is 5.34. The molecular formula is C16H18O6. The summed E-state index contributed by atoms with van der Waals surface area (Å²) >= 11 is 0. The van der Waals surface area contributed by atoms with Crippen LogP contribution in [0, 0.1) is 0 Å². The van der Waals surface area contributed by atoms with Crippen molar-refractivity contribution < 1.29 is 29.6 Å². The van der Waals surface area contributed by atoms with Gasteiger partial charge in [-0.05, 0) is 37.5 Å². The van der Waals surface area contributed by atoms with Gasteiger partial charge in [-0.3, -0.25) is 9.59 Å². The van der Waals surface area contributed by atoms with E-state index in [0.29, 0.717) is 12.8 Å². The molecule has 0 bridgehead atoms. The summed E-state index contributed by atoms with van der Waals surface area (Å²) in [6.45, 7) is 1.71. The molecule has 0 aliphatic carbocycles. The first-order valence-corrected chi connectivity index (χ1v) is 7.01. The van der Waals surface area contributed by atoms with E-state index in [-0.39, 0.29) is 29.4 Å². The SMILES string of the molecule is CC1CCC(O)C=CC(=O)c2c(O)cc(O)cc2CC(=O)O1. The highest BCUT2D eigenvalue weighted by molar-refractivity contribution is 6.08. The standard InChI is InChI=1S/C16H18O6/c1-9-2-3-11(17)4-5-13(19)16-10(7-15(21)22-9)6-12(18)8-14(16)20/h4-6,8-9,11,17-18,20H,2-3,7H2,1H3. The van der Waals surface area contributed by atoms with Crippen LogP contribution in [-0.4, -0.2) is 39.3 Å². The van der Waals surface area contributed by atoms with E-state index < -0.39 is 23.6 Å². The first-order valence-electron chi connectivity index (χ1n) is 7.01. The van der Waals surface area contributed by atoms with Crippen LogP contribution in [-0.2, 0) is 16.0 Å². The summed E-state index contributed by atoms with van der Waals surface area (Å²) in [6, 6.07) is 2.27. The highest BCUT2D eigenvalue weighted by atomic mass is 16.5. The number of benzene rings is 1. The molecule has 0 radical (unpaired) electrons. The number of cyclic esters (lactones) is 1. The molecule has 2 atom stereocenters. The number of rotatable bonds is 0. The highest BCUT2D eigenvalue weighted by Gasteiger charge is 2.21. The number of hydrogen-bond acceptors (Lipinski definition) is 6. The first-order chi connectivity index (χ1) is 10.4. The van der Waals surface area contributed by atoms with E-state index in [1.54, 1.807) is 6.92 Å². The zero-order chi connectivity index (χ0) is 16.3. The lowest BCUT2D eigenvalue weighted by Crippen LogP contribution is -2.20. The van der Waals surface area contributed by atoms with E-state index in [1.807, 2.05) is 0 Å². The quantitative estimate of drug-likeness (QED) is 0.627. The van der Waals surface area contributed by atoms with Gasteiger partial charge in [-0.25, -0.2) is 0 Å². The van der Waals surface area contributed by atoms with Crippen LogP contribution in [0.15, 0.2) is 24.3 Å². The molecule has 1 aromatic rings. The van der Waals surface area contributed by atoms with Crippen LogP contribution in [0.4, 0.5) is 0 Å². The Morgan fingerprint density at radius 2 is 1.91 bits per heavy atom. The third kappa shape index (κ3) is 3.85. The molecule has 1 aliphatic rings. The molecule has 0 fully saturated rings. The van der Waals surface area contributed by atoms with E-state index in [1.165, 1.54) is 12.1 Å². The van der Waals surface area contributed by atoms with Gasteiger partial charge < -0.3 is 20.1 Å². The topological polar surface area (TPSA) is 104 Å². The van der Waals surface area contributed by atoms with Crippen molar-refractivity contribution in [2.45, 2.75) is 38.4 Å². The van der Waals surface area contributed by atoms with Crippen LogP contribution in [0.2, 0.25) is 0 Å². The molecule has 0 spiro atoms. The number of aliphatic hydroxyl groups is 1. The number of phenolic OH excluding ortho intramolecular Hbond substituents is 2. The number of phenols is 2. The maximum absolute atomic E-state index is 12.2.